The van der Waals surface area contributed by atoms with Crippen LogP contribution in [0.4, 0.5) is 0 Å². The van der Waals surface area contributed by atoms with E-state index >= 15 is 0 Å². The number of aryl methyl sites for hydroxylation is 1. The van der Waals surface area contributed by atoms with Gasteiger partial charge in [-0.05, 0) is 36.8 Å². The number of rotatable bonds is 3. The molecule has 1 aliphatic carbocycles. The van der Waals surface area contributed by atoms with Gasteiger partial charge in [-0.2, -0.15) is 0 Å². The molecule has 0 bridgehead atoms. The Bertz CT molecular complexity index is 316. The Balaban J connectivity index is 1.86. The smallest absolute Gasteiger partial charge is 0.0361 e. The molecule has 3 unspecified atom stereocenters. The van der Waals surface area contributed by atoms with Crippen molar-refractivity contribution in [3.05, 3.63) is 24.0 Å². The lowest BCUT2D eigenvalue weighted by molar-refractivity contribution is 0.367. The van der Waals surface area contributed by atoms with Crippen LogP contribution in [-0.4, -0.2) is 10.6 Å². The minimum atomic E-state index is 0.717. The van der Waals surface area contributed by atoms with E-state index < -0.39 is 0 Å². The van der Waals surface area contributed by atoms with Crippen molar-refractivity contribution >= 4 is 0 Å². The first-order chi connectivity index (χ1) is 7.18. The van der Waals surface area contributed by atoms with Crippen molar-refractivity contribution in [2.24, 2.45) is 18.9 Å². The number of nitrogens with one attached hydrogen (secondary N) is 1. The molecule has 0 aromatic carbocycles. The molecule has 1 aliphatic rings. The summed E-state index contributed by atoms with van der Waals surface area (Å²) in [6.07, 6.45) is 4.83. The van der Waals surface area contributed by atoms with Gasteiger partial charge >= 0.3 is 0 Å². The third kappa shape index (κ3) is 2.25. The minimum absolute atomic E-state index is 0.717. The molecule has 1 heterocycles. The average molecular weight is 206 g/mol. The van der Waals surface area contributed by atoms with Crippen molar-refractivity contribution in [3.63, 3.8) is 0 Å². The fourth-order valence-electron chi connectivity index (χ4n) is 2.57. The maximum Gasteiger partial charge on any atom is 0.0361 e. The van der Waals surface area contributed by atoms with Gasteiger partial charge in [-0.15, -0.1) is 0 Å². The molecular weight excluding hydrogens is 184 g/mol. The van der Waals surface area contributed by atoms with Crippen molar-refractivity contribution in [3.8, 4) is 0 Å². The van der Waals surface area contributed by atoms with E-state index in [9.17, 15) is 0 Å². The standard InChI is InChI=1S/C13H22N2/c1-10-6-7-13(11(10)2)14-9-12-5-4-8-15(12)3/h4-5,8,10-11,13-14H,6-7,9H2,1-3H3. The molecule has 3 atom stereocenters. The first kappa shape index (κ1) is 10.7. The van der Waals surface area contributed by atoms with Crippen LogP contribution in [0.15, 0.2) is 18.3 Å². The van der Waals surface area contributed by atoms with Gasteiger partial charge in [0.2, 0.25) is 0 Å². The maximum absolute atomic E-state index is 3.68. The minimum Gasteiger partial charge on any atom is -0.353 e. The van der Waals surface area contributed by atoms with Gasteiger partial charge in [-0.1, -0.05) is 13.8 Å². The Labute approximate surface area is 92.7 Å². The molecule has 1 fully saturated rings. The third-order valence-corrected chi connectivity index (χ3v) is 4.06. The van der Waals surface area contributed by atoms with E-state index in [0.29, 0.717) is 0 Å². The van der Waals surface area contributed by atoms with Crippen LogP contribution in [0.2, 0.25) is 0 Å². The second kappa shape index (κ2) is 4.40. The van der Waals surface area contributed by atoms with Crippen LogP contribution in [0.25, 0.3) is 0 Å². The lowest BCUT2D eigenvalue weighted by atomic mass is 9.98. The summed E-state index contributed by atoms with van der Waals surface area (Å²) < 4.78 is 2.19. The predicted molar refractivity (Wildman–Crippen MR) is 63.6 cm³/mol. The van der Waals surface area contributed by atoms with Crippen molar-refractivity contribution in [2.75, 3.05) is 0 Å². The molecule has 0 spiro atoms. The molecule has 1 saturated carbocycles. The SMILES string of the molecule is CC1CCC(NCc2cccn2C)C1C. The number of hydrogen-bond acceptors (Lipinski definition) is 1. The Morgan fingerprint density at radius 3 is 2.73 bits per heavy atom. The van der Waals surface area contributed by atoms with E-state index in [1.54, 1.807) is 0 Å². The summed E-state index contributed by atoms with van der Waals surface area (Å²) in [5, 5.41) is 3.68. The molecular formula is C13H22N2. The van der Waals surface area contributed by atoms with E-state index in [1.807, 2.05) is 0 Å². The molecule has 2 rings (SSSR count). The molecule has 0 amide bonds. The molecule has 2 heteroatoms. The van der Waals surface area contributed by atoms with E-state index in [4.69, 9.17) is 0 Å². The van der Waals surface area contributed by atoms with Crippen LogP contribution >= 0.6 is 0 Å². The van der Waals surface area contributed by atoms with Gasteiger partial charge in [0.1, 0.15) is 0 Å². The van der Waals surface area contributed by atoms with Crippen molar-refractivity contribution < 1.29 is 0 Å². The maximum atomic E-state index is 3.68. The second-order valence-corrected chi connectivity index (χ2v) is 5.01. The summed E-state index contributed by atoms with van der Waals surface area (Å²) >= 11 is 0. The first-order valence-corrected chi connectivity index (χ1v) is 6.02. The van der Waals surface area contributed by atoms with Crippen LogP contribution in [0.3, 0.4) is 0 Å². The van der Waals surface area contributed by atoms with Gasteiger partial charge < -0.3 is 9.88 Å². The number of aromatic nitrogens is 1. The zero-order chi connectivity index (χ0) is 10.8. The van der Waals surface area contributed by atoms with Crippen LogP contribution in [0.5, 0.6) is 0 Å². The molecule has 84 valence electrons. The lowest BCUT2D eigenvalue weighted by Crippen LogP contribution is -2.32. The van der Waals surface area contributed by atoms with Gasteiger partial charge in [0, 0.05) is 31.5 Å². The highest BCUT2D eigenvalue weighted by molar-refractivity contribution is 5.06. The Morgan fingerprint density at radius 2 is 2.20 bits per heavy atom. The topological polar surface area (TPSA) is 17.0 Å². The normalized spacial score (nSPS) is 31.0. The van der Waals surface area contributed by atoms with Gasteiger partial charge in [0.25, 0.3) is 0 Å². The Kier molecular flexibility index (Phi) is 3.15. The quantitative estimate of drug-likeness (QED) is 0.804. The van der Waals surface area contributed by atoms with Crippen LogP contribution in [0, 0.1) is 11.8 Å². The summed E-state index contributed by atoms with van der Waals surface area (Å²) in [7, 11) is 2.11. The second-order valence-electron chi connectivity index (χ2n) is 5.01. The summed E-state index contributed by atoms with van der Waals surface area (Å²) in [6, 6.07) is 5.02. The molecule has 2 nitrogen and oxygen atoms in total. The average Bonchev–Trinajstić information content (AvgIpc) is 2.74. The molecule has 1 aromatic rings. The molecule has 0 radical (unpaired) electrons. The molecule has 1 aromatic heterocycles. The van der Waals surface area contributed by atoms with E-state index in [-0.39, 0.29) is 0 Å². The molecule has 0 saturated heterocycles. The van der Waals surface area contributed by atoms with Crippen molar-refractivity contribution in [1.82, 2.24) is 9.88 Å². The van der Waals surface area contributed by atoms with E-state index in [1.165, 1.54) is 18.5 Å². The van der Waals surface area contributed by atoms with Crippen molar-refractivity contribution in [1.29, 1.82) is 0 Å². The number of hydrogen-bond donors (Lipinski definition) is 1. The van der Waals surface area contributed by atoms with Crippen LogP contribution in [0.1, 0.15) is 32.4 Å². The zero-order valence-corrected chi connectivity index (χ0v) is 10.0. The predicted octanol–water partition coefficient (Wildman–Crippen LogP) is 2.55. The highest BCUT2D eigenvalue weighted by Gasteiger charge is 2.28. The fraction of sp³-hybridized carbons (Fsp3) is 0.692. The summed E-state index contributed by atoms with van der Waals surface area (Å²) in [5.74, 6) is 1.71. The Hall–Kier alpha value is -0.760. The molecule has 1 N–H and O–H groups in total. The van der Waals surface area contributed by atoms with Gasteiger partial charge in [0.15, 0.2) is 0 Å². The summed E-state index contributed by atoms with van der Waals surface area (Å²) in [5.41, 5.74) is 1.38. The van der Waals surface area contributed by atoms with Gasteiger partial charge in [-0.3, -0.25) is 0 Å². The largest absolute Gasteiger partial charge is 0.353 e. The highest BCUT2D eigenvalue weighted by Crippen LogP contribution is 2.31. The van der Waals surface area contributed by atoms with Gasteiger partial charge in [-0.25, -0.2) is 0 Å². The molecule has 0 aliphatic heterocycles. The highest BCUT2D eigenvalue weighted by atomic mass is 15.0. The molecule has 15 heavy (non-hydrogen) atoms. The third-order valence-electron chi connectivity index (χ3n) is 4.06. The van der Waals surface area contributed by atoms with E-state index in [0.717, 1.165) is 24.4 Å². The van der Waals surface area contributed by atoms with Crippen LogP contribution < -0.4 is 5.32 Å². The van der Waals surface area contributed by atoms with Crippen molar-refractivity contribution in [2.45, 2.75) is 39.3 Å². The van der Waals surface area contributed by atoms with Gasteiger partial charge in [0.05, 0.1) is 0 Å². The summed E-state index contributed by atoms with van der Waals surface area (Å²) in [4.78, 5) is 0. The summed E-state index contributed by atoms with van der Waals surface area (Å²) in [6.45, 7) is 5.75. The monoisotopic (exact) mass is 206 g/mol. The number of nitrogens with zero attached hydrogens (tertiary/aromatic N) is 1. The fourth-order valence-corrected chi connectivity index (χ4v) is 2.57. The Morgan fingerprint density at radius 1 is 1.40 bits per heavy atom. The van der Waals surface area contributed by atoms with Crippen LogP contribution in [-0.2, 0) is 13.6 Å². The first-order valence-electron chi connectivity index (χ1n) is 6.02. The lowest BCUT2D eigenvalue weighted by Gasteiger charge is -2.19. The zero-order valence-electron chi connectivity index (χ0n) is 10.0. The van der Waals surface area contributed by atoms with E-state index in [2.05, 4.69) is 49.1 Å².